The summed E-state index contributed by atoms with van der Waals surface area (Å²) in [6, 6.07) is 19.3. The van der Waals surface area contributed by atoms with Crippen LogP contribution >= 0.6 is 0 Å². The van der Waals surface area contributed by atoms with Crippen LogP contribution in [0.5, 0.6) is 0 Å². The van der Waals surface area contributed by atoms with Crippen molar-refractivity contribution in [2.24, 2.45) is 5.41 Å². The van der Waals surface area contributed by atoms with Gasteiger partial charge in [0.05, 0.1) is 5.41 Å². The maximum atomic E-state index is 12.6. The van der Waals surface area contributed by atoms with E-state index in [0.29, 0.717) is 5.76 Å². The second-order valence-electron chi connectivity index (χ2n) is 7.73. The van der Waals surface area contributed by atoms with Gasteiger partial charge in [-0.2, -0.15) is 0 Å². The van der Waals surface area contributed by atoms with E-state index in [-0.39, 0.29) is 11.8 Å². The average molecular weight is 379 g/mol. The molecular weight excluding hydrogens is 358 g/mol. The van der Waals surface area contributed by atoms with Crippen LogP contribution in [0.3, 0.4) is 0 Å². The van der Waals surface area contributed by atoms with E-state index >= 15 is 0 Å². The molecule has 1 atom stereocenters. The predicted molar refractivity (Wildman–Crippen MR) is 101 cm³/mol. The first-order valence-corrected chi connectivity index (χ1v) is 9.05. The summed E-state index contributed by atoms with van der Waals surface area (Å²) in [6.45, 7) is 5.50. The number of hydrogen-bond donors (Lipinski definition) is 1. The molecule has 2 aliphatic heterocycles. The SMILES string of the molecule is CC(C1=C(OC(=O)O)N2C(=O)C(C)(C)C2O1)(c1ccccc1)c1ccccc1. The highest BCUT2D eigenvalue weighted by Crippen LogP contribution is 2.53. The van der Waals surface area contributed by atoms with Crippen molar-refractivity contribution in [1.82, 2.24) is 4.90 Å². The number of nitrogens with zero attached hydrogens (tertiary/aromatic N) is 1. The van der Waals surface area contributed by atoms with Gasteiger partial charge < -0.3 is 14.6 Å². The maximum absolute atomic E-state index is 12.6. The lowest BCUT2D eigenvalue weighted by atomic mass is 9.74. The van der Waals surface area contributed by atoms with Gasteiger partial charge in [0.1, 0.15) is 5.41 Å². The molecule has 2 aliphatic rings. The van der Waals surface area contributed by atoms with Crippen molar-refractivity contribution in [3.05, 3.63) is 83.4 Å². The largest absolute Gasteiger partial charge is 0.512 e. The van der Waals surface area contributed by atoms with E-state index in [1.807, 2.05) is 67.6 Å². The van der Waals surface area contributed by atoms with E-state index in [1.54, 1.807) is 13.8 Å². The van der Waals surface area contributed by atoms with Gasteiger partial charge in [0.25, 0.3) is 5.88 Å². The number of carboxylic acid groups (broad SMARTS) is 1. The summed E-state index contributed by atoms with van der Waals surface area (Å²) in [7, 11) is 0. The predicted octanol–water partition coefficient (Wildman–Crippen LogP) is 4.08. The minimum absolute atomic E-state index is 0.0583. The minimum atomic E-state index is -1.49. The molecule has 144 valence electrons. The smallest absolute Gasteiger partial charge is 0.466 e. The molecule has 2 heterocycles. The summed E-state index contributed by atoms with van der Waals surface area (Å²) in [5.41, 5.74) is 0.190. The summed E-state index contributed by atoms with van der Waals surface area (Å²) in [5, 5.41) is 9.29. The molecule has 4 rings (SSSR count). The van der Waals surface area contributed by atoms with Crippen molar-refractivity contribution in [1.29, 1.82) is 0 Å². The minimum Gasteiger partial charge on any atom is -0.466 e. The lowest BCUT2D eigenvalue weighted by Gasteiger charge is -2.46. The van der Waals surface area contributed by atoms with E-state index in [9.17, 15) is 14.7 Å². The molecule has 2 aromatic rings. The highest BCUT2D eigenvalue weighted by atomic mass is 16.7. The van der Waals surface area contributed by atoms with Crippen LogP contribution in [0.4, 0.5) is 4.79 Å². The summed E-state index contributed by atoms with van der Waals surface area (Å²) in [5.74, 6) is 0.0282. The van der Waals surface area contributed by atoms with Crippen molar-refractivity contribution >= 4 is 12.1 Å². The van der Waals surface area contributed by atoms with Gasteiger partial charge in [0.2, 0.25) is 5.91 Å². The summed E-state index contributed by atoms with van der Waals surface area (Å²) < 4.78 is 11.3. The van der Waals surface area contributed by atoms with Gasteiger partial charge in [-0.15, -0.1) is 0 Å². The van der Waals surface area contributed by atoms with Crippen LogP contribution in [0.1, 0.15) is 31.9 Å². The summed E-state index contributed by atoms with van der Waals surface area (Å²) >= 11 is 0. The van der Waals surface area contributed by atoms with Gasteiger partial charge in [-0.25, -0.2) is 9.69 Å². The molecule has 0 bridgehead atoms. The third-order valence-electron chi connectivity index (χ3n) is 5.60. The molecule has 0 spiro atoms. The van der Waals surface area contributed by atoms with Crippen molar-refractivity contribution in [2.75, 3.05) is 0 Å². The molecule has 1 amide bonds. The van der Waals surface area contributed by atoms with Gasteiger partial charge in [-0.3, -0.25) is 4.79 Å². The average Bonchev–Trinajstić information content (AvgIpc) is 3.05. The van der Waals surface area contributed by atoms with Gasteiger partial charge in [-0.05, 0) is 31.9 Å². The normalized spacial score (nSPS) is 20.3. The third-order valence-corrected chi connectivity index (χ3v) is 5.60. The standard InChI is InChI=1S/C22H21NO5/c1-21(2)18(24)23-17(28-20(25)26)16(27-19(21)23)22(3,14-10-6-4-7-11-14)15-12-8-5-9-13-15/h4-13,19H,1-3H3,(H,25,26). The fourth-order valence-electron chi connectivity index (χ4n) is 3.93. The number of β-lactam (4-membered cyclic amide) rings is 1. The molecule has 0 aromatic heterocycles. The molecule has 0 radical (unpaired) electrons. The number of allylic oxidation sites excluding steroid dienone is 1. The number of rotatable bonds is 4. The number of hydrogen-bond acceptors (Lipinski definition) is 4. The van der Waals surface area contributed by atoms with E-state index in [4.69, 9.17) is 9.47 Å². The quantitative estimate of drug-likeness (QED) is 0.640. The molecule has 1 saturated heterocycles. The van der Waals surface area contributed by atoms with Crippen molar-refractivity contribution in [3.8, 4) is 0 Å². The Bertz CT molecular complexity index is 925. The van der Waals surface area contributed by atoms with Gasteiger partial charge in [-0.1, -0.05) is 60.7 Å². The fourth-order valence-corrected chi connectivity index (χ4v) is 3.93. The molecule has 1 unspecified atom stereocenters. The van der Waals surface area contributed by atoms with Gasteiger partial charge in [0.15, 0.2) is 12.0 Å². The molecule has 0 saturated carbocycles. The highest BCUT2D eigenvalue weighted by molar-refractivity contribution is 5.91. The van der Waals surface area contributed by atoms with Crippen molar-refractivity contribution < 1.29 is 24.2 Å². The number of carbonyl (C=O) groups is 2. The Morgan fingerprint density at radius 3 is 2.04 bits per heavy atom. The summed E-state index contributed by atoms with van der Waals surface area (Å²) in [4.78, 5) is 25.3. The molecule has 28 heavy (non-hydrogen) atoms. The highest BCUT2D eigenvalue weighted by Gasteiger charge is 2.64. The number of benzene rings is 2. The Kier molecular flexibility index (Phi) is 3.96. The number of fused-ring (bicyclic) bond motifs is 1. The summed E-state index contributed by atoms with van der Waals surface area (Å²) in [6.07, 6.45) is -2.09. The Balaban J connectivity index is 1.94. The van der Waals surface area contributed by atoms with Crippen LogP contribution in [0, 0.1) is 5.41 Å². The first-order valence-electron chi connectivity index (χ1n) is 9.05. The first-order chi connectivity index (χ1) is 13.3. The Morgan fingerprint density at radius 1 is 1.07 bits per heavy atom. The van der Waals surface area contributed by atoms with Crippen molar-refractivity contribution in [3.63, 3.8) is 0 Å². The molecule has 1 fully saturated rings. The van der Waals surface area contributed by atoms with Crippen LogP contribution < -0.4 is 0 Å². The maximum Gasteiger partial charge on any atom is 0.512 e. The molecule has 1 N–H and O–H groups in total. The Labute approximate surface area is 163 Å². The Hall–Kier alpha value is -3.28. The van der Waals surface area contributed by atoms with Crippen LogP contribution in [0.2, 0.25) is 0 Å². The number of ether oxygens (including phenoxy) is 2. The fraction of sp³-hybridized carbons (Fsp3) is 0.273. The molecule has 6 heteroatoms. The number of carbonyl (C=O) groups excluding carboxylic acids is 1. The lowest BCUT2D eigenvalue weighted by molar-refractivity contribution is -0.190. The molecule has 0 aliphatic carbocycles. The molecule has 6 nitrogen and oxygen atoms in total. The van der Waals surface area contributed by atoms with Crippen LogP contribution in [-0.4, -0.2) is 28.3 Å². The zero-order valence-corrected chi connectivity index (χ0v) is 15.9. The third kappa shape index (κ3) is 2.41. The number of amides is 1. The van der Waals surface area contributed by atoms with Gasteiger partial charge >= 0.3 is 6.16 Å². The lowest BCUT2D eigenvalue weighted by Crippen LogP contribution is -2.64. The zero-order valence-electron chi connectivity index (χ0n) is 15.9. The second kappa shape index (κ2) is 6.12. The van der Waals surface area contributed by atoms with Crippen LogP contribution in [-0.2, 0) is 19.7 Å². The zero-order chi connectivity index (χ0) is 20.1. The van der Waals surface area contributed by atoms with E-state index in [1.165, 1.54) is 4.90 Å². The Morgan fingerprint density at radius 2 is 1.57 bits per heavy atom. The van der Waals surface area contributed by atoms with Crippen LogP contribution in [0.15, 0.2) is 72.3 Å². The topological polar surface area (TPSA) is 76.1 Å². The van der Waals surface area contributed by atoms with Crippen LogP contribution in [0.25, 0.3) is 0 Å². The van der Waals surface area contributed by atoms with E-state index < -0.39 is 23.2 Å². The van der Waals surface area contributed by atoms with E-state index in [2.05, 4.69) is 0 Å². The monoisotopic (exact) mass is 379 g/mol. The van der Waals surface area contributed by atoms with E-state index in [0.717, 1.165) is 11.1 Å². The molecule has 2 aromatic carbocycles. The second-order valence-corrected chi connectivity index (χ2v) is 7.73. The molecular formula is C22H21NO5. The van der Waals surface area contributed by atoms with Gasteiger partial charge in [0, 0.05) is 0 Å². The van der Waals surface area contributed by atoms with Crippen molar-refractivity contribution in [2.45, 2.75) is 32.4 Å². The first kappa shape index (κ1) is 18.1.